The number of ether oxygens (including phenoxy) is 1. The summed E-state index contributed by atoms with van der Waals surface area (Å²) >= 11 is 0. The predicted molar refractivity (Wildman–Crippen MR) is 164 cm³/mol. The standard InChI is InChI=1S/C37H42N2O/c1-5-13-30(14-6-1)26-39(27-31-15-7-2-8-16-31)28-32-21-23-35(24-22-32)37(29-40-37)38-25-36(33-17-9-3-10-18-33)34-19-11-4-12-20-34/h1-20,32,35-36,38H,21-29H2. The largest absolute Gasteiger partial charge is 0.353 e. The third kappa shape index (κ3) is 6.90. The van der Waals surface area contributed by atoms with Crippen molar-refractivity contribution >= 4 is 0 Å². The van der Waals surface area contributed by atoms with Crippen molar-refractivity contribution in [1.82, 2.24) is 10.2 Å². The van der Waals surface area contributed by atoms with Crippen molar-refractivity contribution in [3.63, 3.8) is 0 Å². The van der Waals surface area contributed by atoms with E-state index in [2.05, 4.69) is 132 Å². The maximum Gasteiger partial charge on any atom is 0.145 e. The van der Waals surface area contributed by atoms with Crippen molar-refractivity contribution < 1.29 is 4.74 Å². The van der Waals surface area contributed by atoms with Crippen LogP contribution in [0.25, 0.3) is 0 Å². The molecule has 1 heterocycles. The Balaban J connectivity index is 1.06. The van der Waals surface area contributed by atoms with Crippen LogP contribution in [0.5, 0.6) is 0 Å². The number of epoxide rings is 1. The highest BCUT2D eigenvalue weighted by molar-refractivity contribution is 5.33. The summed E-state index contributed by atoms with van der Waals surface area (Å²) < 4.78 is 6.21. The lowest BCUT2D eigenvalue weighted by atomic mass is 9.78. The van der Waals surface area contributed by atoms with Crippen molar-refractivity contribution in [1.29, 1.82) is 0 Å². The van der Waals surface area contributed by atoms with Gasteiger partial charge in [-0.3, -0.25) is 10.2 Å². The van der Waals surface area contributed by atoms with Crippen LogP contribution in [0.2, 0.25) is 0 Å². The number of benzene rings is 4. The van der Waals surface area contributed by atoms with Crippen LogP contribution in [0.1, 0.15) is 53.9 Å². The van der Waals surface area contributed by atoms with Crippen LogP contribution in [0.3, 0.4) is 0 Å². The minimum atomic E-state index is -0.138. The molecule has 1 saturated heterocycles. The maximum atomic E-state index is 6.21. The fourth-order valence-electron chi connectivity index (χ4n) is 6.68. The number of nitrogens with one attached hydrogen (secondary N) is 1. The van der Waals surface area contributed by atoms with Gasteiger partial charge in [0, 0.05) is 38.0 Å². The molecule has 0 aromatic heterocycles. The third-order valence-corrected chi connectivity index (χ3v) is 8.99. The van der Waals surface area contributed by atoms with E-state index in [0.29, 0.717) is 11.8 Å². The summed E-state index contributed by atoms with van der Waals surface area (Å²) in [5.41, 5.74) is 5.37. The molecule has 1 aliphatic carbocycles. The summed E-state index contributed by atoms with van der Waals surface area (Å²) in [5.74, 6) is 1.65. The first-order valence-corrected chi connectivity index (χ1v) is 15.1. The van der Waals surface area contributed by atoms with Gasteiger partial charge in [0.05, 0.1) is 6.61 Å². The van der Waals surface area contributed by atoms with E-state index in [1.807, 2.05) is 0 Å². The average molecular weight is 531 g/mol. The van der Waals surface area contributed by atoms with E-state index in [0.717, 1.165) is 38.7 Å². The first-order valence-electron chi connectivity index (χ1n) is 15.1. The Morgan fingerprint density at radius 3 is 1.55 bits per heavy atom. The molecule has 0 bridgehead atoms. The highest BCUT2D eigenvalue weighted by atomic mass is 16.6. The van der Waals surface area contributed by atoms with Gasteiger partial charge in [0.2, 0.25) is 0 Å². The fourth-order valence-corrected chi connectivity index (χ4v) is 6.68. The van der Waals surface area contributed by atoms with Gasteiger partial charge >= 0.3 is 0 Å². The molecular weight excluding hydrogens is 488 g/mol. The summed E-state index contributed by atoms with van der Waals surface area (Å²) in [6, 6.07) is 43.7. The van der Waals surface area contributed by atoms with E-state index in [4.69, 9.17) is 4.74 Å². The average Bonchev–Trinajstić information content (AvgIpc) is 3.81. The van der Waals surface area contributed by atoms with Crippen LogP contribution in [-0.4, -0.2) is 30.3 Å². The van der Waals surface area contributed by atoms with Crippen molar-refractivity contribution in [2.45, 2.75) is 50.4 Å². The van der Waals surface area contributed by atoms with Gasteiger partial charge < -0.3 is 4.74 Å². The summed E-state index contributed by atoms with van der Waals surface area (Å²) in [6.45, 7) is 4.90. The summed E-state index contributed by atoms with van der Waals surface area (Å²) in [7, 11) is 0. The zero-order valence-corrected chi connectivity index (χ0v) is 23.5. The number of hydrogen-bond donors (Lipinski definition) is 1. The molecule has 6 rings (SSSR count). The van der Waals surface area contributed by atoms with Gasteiger partial charge in [-0.2, -0.15) is 0 Å². The van der Waals surface area contributed by atoms with Gasteiger partial charge in [0.25, 0.3) is 0 Å². The first-order chi connectivity index (χ1) is 19.8. The first kappa shape index (κ1) is 27.0. The molecule has 1 N–H and O–H groups in total. The van der Waals surface area contributed by atoms with Crippen LogP contribution in [-0.2, 0) is 17.8 Å². The molecule has 1 saturated carbocycles. The lowest BCUT2D eigenvalue weighted by molar-refractivity contribution is 0.103. The molecule has 0 spiro atoms. The van der Waals surface area contributed by atoms with E-state index in [-0.39, 0.29) is 5.72 Å². The monoisotopic (exact) mass is 530 g/mol. The molecule has 1 atom stereocenters. The third-order valence-electron chi connectivity index (χ3n) is 8.99. The molecule has 4 aromatic carbocycles. The van der Waals surface area contributed by atoms with E-state index >= 15 is 0 Å². The number of rotatable bonds is 12. The van der Waals surface area contributed by atoms with Crippen molar-refractivity contribution in [2.75, 3.05) is 19.7 Å². The Bertz CT molecular complexity index is 1200. The van der Waals surface area contributed by atoms with Crippen molar-refractivity contribution in [3.05, 3.63) is 144 Å². The Morgan fingerprint density at radius 2 is 1.10 bits per heavy atom. The van der Waals surface area contributed by atoms with E-state index in [1.165, 1.54) is 47.9 Å². The van der Waals surface area contributed by atoms with Crippen LogP contribution < -0.4 is 5.32 Å². The summed E-state index contributed by atoms with van der Waals surface area (Å²) in [6.07, 6.45) is 5.03. The molecule has 1 aliphatic heterocycles. The maximum absolute atomic E-state index is 6.21. The highest BCUT2D eigenvalue weighted by Gasteiger charge is 2.52. The molecule has 3 nitrogen and oxygen atoms in total. The van der Waals surface area contributed by atoms with Gasteiger partial charge in [-0.25, -0.2) is 0 Å². The van der Waals surface area contributed by atoms with Crippen molar-refractivity contribution in [2.24, 2.45) is 11.8 Å². The van der Waals surface area contributed by atoms with Crippen LogP contribution in [0.15, 0.2) is 121 Å². The van der Waals surface area contributed by atoms with Gasteiger partial charge in [0.1, 0.15) is 5.72 Å². The Kier molecular flexibility index (Phi) is 8.73. The normalized spacial score (nSPS) is 22.4. The topological polar surface area (TPSA) is 27.8 Å². The SMILES string of the molecule is c1ccc(CN(Cc2ccccc2)CC2CCC(C3(NCC(c4ccccc4)c4ccccc4)CO3)CC2)cc1. The molecule has 0 amide bonds. The smallest absolute Gasteiger partial charge is 0.145 e. The molecule has 0 radical (unpaired) electrons. The molecular formula is C37H42N2O. The van der Waals surface area contributed by atoms with Crippen LogP contribution >= 0.6 is 0 Å². The summed E-state index contributed by atoms with van der Waals surface area (Å²) in [5, 5.41) is 3.93. The van der Waals surface area contributed by atoms with Crippen LogP contribution in [0, 0.1) is 11.8 Å². The Hall–Kier alpha value is -3.24. The van der Waals surface area contributed by atoms with Gasteiger partial charge in [0.15, 0.2) is 0 Å². The molecule has 1 unspecified atom stereocenters. The molecule has 3 heteroatoms. The molecule has 2 aliphatic rings. The van der Waals surface area contributed by atoms with E-state index < -0.39 is 0 Å². The van der Waals surface area contributed by atoms with Gasteiger partial charge in [-0.1, -0.05) is 121 Å². The lowest BCUT2D eigenvalue weighted by Gasteiger charge is -2.36. The minimum absolute atomic E-state index is 0.138. The second-order valence-electron chi connectivity index (χ2n) is 11.8. The van der Waals surface area contributed by atoms with Crippen molar-refractivity contribution in [3.8, 4) is 0 Å². The van der Waals surface area contributed by atoms with Gasteiger partial charge in [-0.15, -0.1) is 0 Å². The minimum Gasteiger partial charge on any atom is -0.353 e. The highest BCUT2D eigenvalue weighted by Crippen LogP contribution is 2.43. The number of hydrogen-bond acceptors (Lipinski definition) is 3. The van der Waals surface area contributed by atoms with Crippen LogP contribution in [0.4, 0.5) is 0 Å². The predicted octanol–water partition coefficient (Wildman–Crippen LogP) is 7.64. The second-order valence-corrected chi connectivity index (χ2v) is 11.8. The van der Waals surface area contributed by atoms with E-state index in [1.54, 1.807) is 0 Å². The number of nitrogens with zero attached hydrogens (tertiary/aromatic N) is 1. The Morgan fingerprint density at radius 1 is 0.650 bits per heavy atom. The lowest BCUT2D eigenvalue weighted by Crippen LogP contribution is -2.44. The molecule has 206 valence electrons. The zero-order valence-electron chi connectivity index (χ0n) is 23.5. The Labute approximate surface area is 240 Å². The second kappa shape index (κ2) is 13.0. The fraction of sp³-hybridized carbons (Fsp3) is 0.351. The molecule has 4 aromatic rings. The molecule has 2 fully saturated rings. The van der Waals surface area contributed by atoms with Gasteiger partial charge in [-0.05, 0) is 53.9 Å². The zero-order chi connectivity index (χ0) is 27.0. The summed E-state index contributed by atoms with van der Waals surface area (Å²) in [4.78, 5) is 2.65. The quantitative estimate of drug-likeness (QED) is 0.191. The molecule has 40 heavy (non-hydrogen) atoms. The van der Waals surface area contributed by atoms with E-state index in [9.17, 15) is 0 Å².